The maximum atomic E-state index is 12.1. The molecule has 20 heavy (non-hydrogen) atoms. The Bertz CT molecular complexity index is 571. The van der Waals surface area contributed by atoms with E-state index in [0.29, 0.717) is 11.5 Å². The number of anilines is 1. The van der Waals surface area contributed by atoms with Crippen molar-refractivity contribution in [3.8, 4) is 0 Å². The number of rotatable bonds is 5. The predicted octanol–water partition coefficient (Wildman–Crippen LogP) is 2.40. The molecule has 1 amide bonds. The molecule has 0 spiro atoms. The molecule has 0 saturated heterocycles. The van der Waals surface area contributed by atoms with Crippen molar-refractivity contribution in [2.45, 2.75) is 19.9 Å². The molecule has 2 rings (SSSR count). The zero-order valence-corrected chi connectivity index (χ0v) is 11.6. The molecule has 5 nitrogen and oxygen atoms in total. The van der Waals surface area contributed by atoms with Gasteiger partial charge in [0.25, 0.3) is 5.91 Å². The molecular weight excluding hydrogens is 252 g/mol. The van der Waals surface area contributed by atoms with Gasteiger partial charge in [0.15, 0.2) is 0 Å². The van der Waals surface area contributed by atoms with E-state index >= 15 is 0 Å². The lowest BCUT2D eigenvalue weighted by atomic mass is 10.1. The van der Waals surface area contributed by atoms with Gasteiger partial charge in [-0.15, -0.1) is 0 Å². The number of nitrogens with zero attached hydrogens (tertiary/aromatic N) is 2. The Labute approximate surface area is 118 Å². The SMILES string of the molecule is CCNc1cncc(C(=O)NC(C)c2ccccc2)n1. The summed E-state index contributed by atoms with van der Waals surface area (Å²) in [7, 11) is 0. The lowest BCUT2D eigenvalue weighted by molar-refractivity contribution is 0.0934. The molecule has 0 bridgehead atoms. The summed E-state index contributed by atoms with van der Waals surface area (Å²) in [5.41, 5.74) is 1.36. The van der Waals surface area contributed by atoms with E-state index in [-0.39, 0.29) is 11.9 Å². The molecule has 104 valence electrons. The summed E-state index contributed by atoms with van der Waals surface area (Å²) in [5.74, 6) is 0.376. The van der Waals surface area contributed by atoms with Crippen LogP contribution in [0.2, 0.25) is 0 Å². The zero-order valence-electron chi connectivity index (χ0n) is 11.6. The van der Waals surface area contributed by atoms with Crippen molar-refractivity contribution in [2.24, 2.45) is 0 Å². The lowest BCUT2D eigenvalue weighted by Crippen LogP contribution is -2.27. The molecule has 0 aliphatic rings. The topological polar surface area (TPSA) is 66.9 Å². The van der Waals surface area contributed by atoms with E-state index in [0.717, 1.165) is 12.1 Å². The van der Waals surface area contributed by atoms with Crippen LogP contribution >= 0.6 is 0 Å². The second-order valence-corrected chi connectivity index (χ2v) is 4.43. The highest BCUT2D eigenvalue weighted by atomic mass is 16.1. The third-order valence-corrected chi connectivity index (χ3v) is 2.87. The number of hydrogen-bond donors (Lipinski definition) is 2. The van der Waals surface area contributed by atoms with Gasteiger partial charge in [-0.1, -0.05) is 30.3 Å². The van der Waals surface area contributed by atoms with Crippen LogP contribution in [0.3, 0.4) is 0 Å². The van der Waals surface area contributed by atoms with Gasteiger partial charge in [-0.2, -0.15) is 0 Å². The molecule has 0 aliphatic carbocycles. The molecule has 0 fully saturated rings. The third-order valence-electron chi connectivity index (χ3n) is 2.87. The number of amides is 1. The van der Waals surface area contributed by atoms with Crippen LogP contribution in [0.5, 0.6) is 0 Å². The third kappa shape index (κ3) is 3.54. The molecule has 5 heteroatoms. The standard InChI is InChI=1S/C15H18N4O/c1-3-17-14-10-16-9-13(19-14)15(20)18-11(2)12-7-5-4-6-8-12/h4-11H,3H2,1-2H3,(H,17,19)(H,18,20). The predicted molar refractivity (Wildman–Crippen MR) is 78.5 cm³/mol. The number of hydrogen-bond acceptors (Lipinski definition) is 4. The normalized spacial score (nSPS) is 11.7. The van der Waals surface area contributed by atoms with E-state index in [9.17, 15) is 4.79 Å². The van der Waals surface area contributed by atoms with E-state index in [1.165, 1.54) is 6.20 Å². The Kier molecular flexibility index (Phi) is 4.65. The first-order chi connectivity index (χ1) is 9.70. The van der Waals surface area contributed by atoms with Gasteiger partial charge in [0, 0.05) is 6.54 Å². The van der Waals surface area contributed by atoms with Gasteiger partial charge in [-0.25, -0.2) is 4.98 Å². The van der Waals surface area contributed by atoms with Crippen molar-refractivity contribution in [3.63, 3.8) is 0 Å². The molecular formula is C15H18N4O. The van der Waals surface area contributed by atoms with Crippen LogP contribution < -0.4 is 10.6 Å². The van der Waals surface area contributed by atoms with Crippen LogP contribution in [-0.4, -0.2) is 22.4 Å². The number of carbonyl (C=O) groups excluding carboxylic acids is 1. The van der Waals surface area contributed by atoms with Crippen molar-refractivity contribution in [2.75, 3.05) is 11.9 Å². The average molecular weight is 270 g/mol. The minimum absolute atomic E-state index is 0.0757. The van der Waals surface area contributed by atoms with Crippen LogP contribution in [0.15, 0.2) is 42.7 Å². The largest absolute Gasteiger partial charge is 0.369 e. The van der Waals surface area contributed by atoms with Crippen LogP contribution in [-0.2, 0) is 0 Å². The van der Waals surface area contributed by atoms with Gasteiger partial charge < -0.3 is 10.6 Å². The van der Waals surface area contributed by atoms with Crippen LogP contribution in [0.4, 0.5) is 5.82 Å². The Morgan fingerprint density at radius 2 is 2.00 bits per heavy atom. The Balaban J connectivity index is 2.06. The lowest BCUT2D eigenvalue weighted by Gasteiger charge is -2.14. The molecule has 2 aromatic rings. The van der Waals surface area contributed by atoms with Crippen molar-refractivity contribution in [3.05, 3.63) is 54.0 Å². The molecule has 1 heterocycles. The second kappa shape index (κ2) is 6.65. The molecule has 0 aliphatic heterocycles. The van der Waals surface area contributed by atoms with Gasteiger partial charge >= 0.3 is 0 Å². The van der Waals surface area contributed by atoms with Crippen molar-refractivity contribution >= 4 is 11.7 Å². The van der Waals surface area contributed by atoms with Crippen LogP contribution in [0, 0.1) is 0 Å². The van der Waals surface area contributed by atoms with E-state index in [2.05, 4.69) is 20.6 Å². The number of benzene rings is 1. The zero-order chi connectivity index (χ0) is 14.4. The maximum absolute atomic E-state index is 12.1. The van der Waals surface area contributed by atoms with Gasteiger partial charge in [0.1, 0.15) is 11.5 Å². The first-order valence-corrected chi connectivity index (χ1v) is 6.62. The average Bonchev–Trinajstić information content (AvgIpc) is 2.48. The van der Waals surface area contributed by atoms with Crippen LogP contribution in [0.1, 0.15) is 35.9 Å². The summed E-state index contributed by atoms with van der Waals surface area (Å²) in [6, 6.07) is 9.72. The van der Waals surface area contributed by atoms with Gasteiger partial charge in [-0.3, -0.25) is 9.78 Å². The molecule has 0 saturated carbocycles. The Morgan fingerprint density at radius 1 is 1.25 bits per heavy atom. The fourth-order valence-corrected chi connectivity index (χ4v) is 1.84. The summed E-state index contributed by atoms with van der Waals surface area (Å²) < 4.78 is 0. The highest BCUT2D eigenvalue weighted by Gasteiger charge is 2.13. The summed E-state index contributed by atoms with van der Waals surface area (Å²) in [4.78, 5) is 20.4. The molecule has 2 N–H and O–H groups in total. The molecule has 1 unspecified atom stereocenters. The van der Waals surface area contributed by atoms with E-state index in [1.54, 1.807) is 6.20 Å². The smallest absolute Gasteiger partial charge is 0.272 e. The maximum Gasteiger partial charge on any atom is 0.272 e. The van der Waals surface area contributed by atoms with E-state index in [4.69, 9.17) is 0 Å². The molecule has 0 radical (unpaired) electrons. The summed E-state index contributed by atoms with van der Waals surface area (Å²) >= 11 is 0. The first-order valence-electron chi connectivity index (χ1n) is 6.62. The van der Waals surface area contributed by atoms with Crippen molar-refractivity contribution in [1.82, 2.24) is 15.3 Å². The minimum Gasteiger partial charge on any atom is -0.369 e. The number of nitrogens with one attached hydrogen (secondary N) is 2. The molecule has 1 atom stereocenters. The van der Waals surface area contributed by atoms with E-state index < -0.39 is 0 Å². The Morgan fingerprint density at radius 3 is 2.70 bits per heavy atom. The monoisotopic (exact) mass is 270 g/mol. The fourth-order valence-electron chi connectivity index (χ4n) is 1.84. The quantitative estimate of drug-likeness (QED) is 0.875. The van der Waals surface area contributed by atoms with Gasteiger partial charge in [0.2, 0.25) is 0 Å². The van der Waals surface area contributed by atoms with Crippen molar-refractivity contribution in [1.29, 1.82) is 0 Å². The fraction of sp³-hybridized carbons (Fsp3) is 0.267. The molecule has 1 aromatic carbocycles. The van der Waals surface area contributed by atoms with Gasteiger partial charge in [-0.05, 0) is 19.4 Å². The minimum atomic E-state index is -0.228. The highest BCUT2D eigenvalue weighted by molar-refractivity contribution is 5.92. The summed E-state index contributed by atoms with van der Waals surface area (Å²) in [6.45, 7) is 4.64. The van der Waals surface area contributed by atoms with Gasteiger partial charge in [0.05, 0.1) is 18.4 Å². The number of carbonyl (C=O) groups is 1. The first kappa shape index (κ1) is 14.0. The van der Waals surface area contributed by atoms with Crippen LogP contribution in [0.25, 0.3) is 0 Å². The summed E-state index contributed by atoms with van der Waals surface area (Å²) in [6.07, 6.45) is 3.06. The second-order valence-electron chi connectivity index (χ2n) is 4.43. The molecule has 1 aromatic heterocycles. The van der Waals surface area contributed by atoms with Crippen molar-refractivity contribution < 1.29 is 4.79 Å². The van der Waals surface area contributed by atoms with E-state index in [1.807, 2.05) is 44.2 Å². The highest BCUT2D eigenvalue weighted by Crippen LogP contribution is 2.12. The summed E-state index contributed by atoms with van der Waals surface area (Å²) in [5, 5.41) is 5.95. The Hall–Kier alpha value is -2.43. The number of aromatic nitrogens is 2.